The summed E-state index contributed by atoms with van der Waals surface area (Å²) in [5.74, 6) is -0.378. The molecule has 88 valence electrons. The molecule has 5 nitrogen and oxygen atoms in total. The third-order valence-corrected chi connectivity index (χ3v) is 2.13. The molecule has 0 amide bonds. The van der Waals surface area contributed by atoms with E-state index in [9.17, 15) is 4.79 Å². The van der Waals surface area contributed by atoms with Crippen molar-refractivity contribution in [1.29, 1.82) is 0 Å². The molecule has 1 aromatic rings. The van der Waals surface area contributed by atoms with E-state index >= 15 is 0 Å². The van der Waals surface area contributed by atoms with Gasteiger partial charge < -0.3 is 14.9 Å². The predicted molar refractivity (Wildman–Crippen MR) is 58.5 cm³/mol. The maximum Gasteiger partial charge on any atom is 0.325 e. The Labute approximate surface area is 93.7 Å². The Morgan fingerprint density at radius 2 is 2.31 bits per heavy atom. The second kappa shape index (κ2) is 6.09. The molecular formula is C11H15NO4. The highest BCUT2D eigenvalue weighted by Crippen LogP contribution is 2.19. The molecule has 1 atom stereocenters. The minimum atomic E-state index is -0.985. The number of nitrogens with one attached hydrogen (secondary N) is 1. The van der Waals surface area contributed by atoms with Crippen molar-refractivity contribution in [1.82, 2.24) is 5.32 Å². The van der Waals surface area contributed by atoms with Gasteiger partial charge in [0.15, 0.2) is 0 Å². The number of rotatable bonds is 6. The van der Waals surface area contributed by atoms with Crippen LogP contribution in [-0.2, 0) is 4.79 Å². The van der Waals surface area contributed by atoms with E-state index in [4.69, 9.17) is 14.9 Å². The molecule has 0 saturated heterocycles. The average molecular weight is 225 g/mol. The number of aliphatic carboxylic acids is 1. The number of carboxylic acids is 1. The Bertz CT molecular complexity index is 354. The van der Waals surface area contributed by atoms with Gasteiger partial charge in [-0.2, -0.15) is 0 Å². The Morgan fingerprint density at radius 3 is 2.88 bits per heavy atom. The lowest BCUT2D eigenvalue weighted by molar-refractivity contribution is -0.139. The van der Waals surface area contributed by atoms with Crippen LogP contribution in [0.25, 0.3) is 0 Å². The fourth-order valence-corrected chi connectivity index (χ4v) is 1.38. The maximum absolute atomic E-state index is 11.0. The smallest absolute Gasteiger partial charge is 0.325 e. The van der Waals surface area contributed by atoms with Crippen LogP contribution in [0, 0.1) is 0 Å². The van der Waals surface area contributed by atoms with Crippen LogP contribution in [-0.4, -0.2) is 36.4 Å². The molecule has 1 aromatic carbocycles. The van der Waals surface area contributed by atoms with Crippen LogP contribution >= 0.6 is 0 Å². The quantitative estimate of drug-likeness (QED) is 0.653. The van der Waals surface area contributed by atoms with E-state index in [1.807, 2.05) is 0 Å². The van der Waals surface area contributed by atoms with E-state index in [2.05, 4.69) is 5.32 Å². The van der Waals surface area contributed by atoms with Gasteiger partial charge in [-0.15, -0.1) is 0 Å². The van der Waals surface area contributed by atoms with Crippen molar-refractivity contribution in [3.63, 3.8) is 0 Å². The molecule has 16 heavy (non-hydrogen) atoms. The molecule has 5 heteroatoms. The summed E-state index contributed by atoms with van der Waals surface area (Å²) < 4.78 is 5.02. The van der Waals surface area contributed by atoms with Crippen LogP contribution in [0.1, 0.15) is 11.6 Å². The van der Waals surface area contributed by atoms with Gasteiger partial charge in [0.05, 0.1) is 13.7 Å². The molecule has 3 N–H and O–H groups in total. The van der Waals surface area contributed by atoms with Gasteiger partial charge in [-0.3, -0.25) is 10.1 Å². The molecule has 1 rings (SSSR count). The molecule has 0 unspecified atom stereocenters. The first-order chi connectivity index (χ1) is 7.69. The number of carbonyl (C=O) groups is 1. The first kappa shape index (κ1) is 12.5. The van der Waals surface area contributed by atoms with Gasteiger partial charge in [0.2, 0.25) is 0 Å². The van der Waals surface area contributed by atoms with Crippen molar-refractivity contribution in [3.05, 3.63) is 29.8 Å². The summed E-state index contributed by atoms with van der Waals surface area (Å²) in [6.45, 7) is 0.127. The van der Waals surface area contributed by atoms with Gasteiger partial charge >= 0.3 is 5.97 Å². The number of aliphatic hydroxyl groups excluding tert-OH is 1. The third kappa shape index (κ3) is 3.22. The van der Waals surface area contributed by atoms with Crippen molar-refractivity contribution in [2.75, 3.05) is 20.3 Å². The fraction of sp³-hybridized carbons (Fsp3) is 0.364. The molecule has 0 radical (unpaired) electrons. The lowest BCUT2D eigenvalue weighted by atomic mass is 10.1. The Balaban J connectivity index is 2.87. The second-order valence-electron chi connectivity index (χ2n) is 3.23. The van der Waals surface area contributed by atoms with E-state index in [1.54, 1.807) is 24.3 Å². The topological polar surface area (TPSA) is 78.8 Å². The van der Waals surface area contributed by atoms with Crippen LogP contribution in [0.2, 0.25) is 0 Å². The Morgan fingerprint density at radius 1 is 1.56 bits per heavy atom. The number of aliphatic hydroxyl groups is 1. The molecule has 0 bridgehead atoms. The zero-order chi connectivity index (χ0) is 12.0. The lowest BCUT2D eigenvalue weighted by Gasteiger charge is -2.14. The molecule has 0 saturated carbocycles. The standard InChI is InChI=1S/C11H15NO4/c1-16-9-4-2-3-8(7-9)10(11(14)15)12-5-6-13/h2-4,7,10,12-13H,5-6H2,1H3,(H,14,15)/t10-/m1/s1. The van der Waals surface area contributed by atoms with Gasteiger partial charge in [0.25, 0.3) is 0 Å². The van der Waals surface area contributed by atoms with Crippen LogP contribution < -0.4 is 10.1 Å². The highest BCUT2D eigenvalue weighted by molar-refractivity contribution is 5.75. The molecular weight excluding hydrogens is 210 g/mol. The molecule has 0 aliphatic rings. The van der Waals surface area contributed by atoms with Crippen molar-refractivity contribution in [2.45, 2.75) is 6.04 Å². The summed E-state index contributed by atoms with van der Waals surface area (Å²) in [4.78, 5) is 11.0. The number of carboxylic acid groups (broad SMARTS) is 1. The van der Waals surface area contributed by atoms with Gasteiger partial charge in [-0.25, -0.2) is 0 Å². The largest absolute Gasteiger partial charge is 0.497 e. The van der Waals surface area contributed by atoms with Crippen molar-refractivity contribution >= 4 is 5.97 Å². The summed E-state index contributed by atoms with van der Waals surface area (Å²) in [6, 6.07) is 6.00. The van der Waals surface area contributed by atoms with E-state index in [-0.39, 0.29) is 13.2 Å². The van der Waals surface area contributed by atoms with Gasteiger partial charge in [0, 0.05) is 6.54 Å². The lowest BCUT2D eigenvalue weighted by Crippen LogP contribution is -2.30. The highest BCUT2D eigenvalue weighted by Gasteiger charge is 2.18. The second-order valence-corrected chi connectivity index (χ2v) is 3.23. The maximum atomic E-state index is 11.0. The number of benzene rings is 1. The van der Waals surface area contributed by atoms with Crippen LogP contribution in [0.3, 0.4) is 0 Å². The van der Waals surface area contributed by atoms with Crippen LogP contribution in [0.4, 0.5) is 0 Å². The Hall–Kier alpha value is -1.59. The van der Waals surface area contributed by atoms with Gasteiger partial charge in [0.1, 0.15) is 11.8 Å². The summed E-state index contributed by atoms with van der Waals surface area (Å²) in [5.41, 5.74) is 0.598. The monoisotopic (exact) mass is 225 g/mol. The summed E-state index contributed by atoms with van der Waals surface area (Å²) in [5, 5.41) is 20.4. The van der Waals surface area contributed by atoms with Gasteiger partial charge in [-0.05, 0) is 17.7 Å². The normalized spacial score (nSPS) is 12.1. The van der Waals surface area contributed by atoms with E-state index in [0.717, 1.165) is 0 Å². The minimum Gasteiger partial charge on any atom is -0.497 e. The van der Waals surface area contributed by atoms with E-state index in [1.165, 1.54) is 7.11 Å². The van der Waals surface area contributed by atoms with Crippen LogP contribution in [0.5, 0.6) is 5.75 Å². The molecule has 0 aromatic heterocycles. The number of ether oxygens (including phenoxy) is 1. The summed E-state index contributed by atoms with van der Waals surface area (Å²) in [7, 11) is 1.52. The molecule has 0 aliphatic heterocycles. The minimum absolute atomic E-state index is 0.103. The Kier molecular flexibility index (Phi) is 4.75. The van der Waals surface area contributed by atoms with Crippen LogP contribution in [0.15, 0.2) is 24.3 Å². The van der Waals surface area contributed by atoms with E-state index < -0.39 is 12.0 Å². The number of hydrogen-bond acceptors (Lipinski definition) is 4. The zero-order valence-electron chi connectivity index (χ0n) is 9.01. The first-order valence-electron chi connectivity index (χ1n) is 4.90. The van der Waals surface area contributed by atoms with Crippen molar-refractivity contribution in [2.24, 2.45) is 0 Å². The zero-order valence-corrected chi connectivity index (χ0v) is 9.01. The summed E-state index contributed by atoms with van der Waals surface area (Å²) in [6.07, 6.45) is 0. The van der Waals surface area contributed by atoms with Crippen molar-refractivity contribution < 1.29 is 19.7 Å². The number of methoxy groups -OCH3 is 1. The molecule has 0 fully saturated rings. The highest BCUT2D eigenvalue weighted by atomic mass is 16.5. The first-order valence-corrected chi connectivity index (χ1v) is 4.90. The van der Waals surface area contributed by atoms with Gasteiger partial charge in [-0.1, -0.05) is 12.1 Å². The summed E-state index contributed by atoms with van der Waals surface area (Å²) >= 11 is 0. The predicted octanol–water partition coefficient (Wildman–Crippen LogP) is 0.403. The molecule has 0 aliphatic carbocycles. The van der Waals surface area contributed by atoms with E-state index in [0.29, 0.717) is 11.3 Å². The fourth-order valence-electron chi connectivity index (χ4n) is 1.38. The number of hydrogen-bond donors (Lipinski definition) is 3. The molecule has 0 spiro atoms. The SMILES string of the molecule is COc1cccc([C@@H](NCCO)C(=O)O)c1. The van der Waals surface area contributed by atoms with Crippen molar-refractivity contribution in [3.8, 4) is 5.75 Å². The average Bonchev–Trinajstić information content (AvgIpc) is 2.29. The molecule has 0 heterocycles. The third-order valence-electron chi connectivity index (χ3n) is 2.13.